The number of fused-ring (bicyclic) bond motifs is 3. The van der Waals surface area contributed by atoms with E-state index in [4.69, 9.17) is 4.74 Å². The van der Waals surface area contributed by atoms with Crippen LogP contribution in [0.3, 0.4) is 0 Å². The average molecular weight is 324 g/mol. The van der Waals surface area contributed by atoms with Gasteiger partial charge in [0.15, 0.2) is 5.82 Å². The van der Waals surface area contributed by atoms with Gasteiger partial charge in [-0.05, 0) is 36.5 Å². The van der Waals surface area contributed by atoms with Crippen molar-refractivity contribution in [2.45, 2.75) is 20.3 Å². The van der Waals surface area contributed by atoms with Crippen LogP contribution >= 0.6 is 0 Å². The van der Waals surface area contributed by atoms with Crippen LogP contribution in [0.4, 0.5) is 5.82 Å². The van der Waals surface area contributed by atoms with Crippen molar-refractivity contribution in [3.8, 4) is 5.75 Å². The minimum atomic E-state index is 0.688. The molecule has 0 bridgehead atoms. The predicted molar refractivity (Wildman–Crippen MR) is 97.7 cm³/mol. The Hall–Kier alpha value is -2.30. The van der Waals surface area contributed by atoms with Crippen LogP contribution in [0.25, 0.3) is 21.9 Å². The van der Waals surface area contributed by atoms with Crippen LogP contribution < -0.4 is 9.64 Å². The van der Waals surface area contributed by atoms with Crippen molar-refractivity contribution >= 4 is 27.8 Å². The highest BCUT2D eigenvalue weighted by molar-refractivity contribution is 6.09. The highest BCUT2D eigenvalue weighted by Gasteiger charge is 2.26. The fraction of sp³-hybridized carbons (Fsp3) is 0.474. The maximum Gasteiger partial charge on any atom is 0.156 e. The van der Waals surface area contributed by atoms with Gasteiger partial charge in [0.1, 0.15) is 23.1 Å². The van der Waals surface area contributed by atoms with Gasteiger partial charge in [0.2, 0.25) is 0 Å². The Morgan fingerprint density at radius 3 is 2.58 bits per heavy atom. The molecule has 0 aliphatic carbocycles. The summed E-state index contributed by atoms with van der Waals surface area (Å²) >= 11 is 0. The molecule has 3 heterocycles. The largest absolute Gasteiger partial charge is 0.497 e. The number of hydrogen-bond acceptors (Lipinski definition) is 4. The molecule has 3 aromatic rings. The lowest BCUT2D eigenvalue weighted by Crippen LogP contribution is -2.39. The molecule has 2 aromatic heterocycles. The summed E-state index contributed by atoms with van der Waals surface area (Å²) in [6.45, 7) is 6.77. The second-order valence-corrected chi connectivity index (χ2v) is 7.19. The van der Waals surface area contributed by atoms with Crippen molar-refractivity contribution in [2.75, 3.05) is 25.1 Å². The van der Waals surface area contributed by atoms with E-state index in [0.717, 1.165) is 46.6 Å². The second kappa shape index (κ2) is 5.65. The maximum atomic E-state index is 5.39. The van der Waals surface area contributed by atoms with Gasteiger partial charge < -0.3 is 14.2 Å². The van der Waals surface area contributed by atoms with Crippen LogP contribution in [0.15, 0.2) is 24.5 Å². The molecule has 5 nitrogen and oxygen atoms in total. The van der Waals surface area contributed by atoms with Crippen LogP contribution in [-0.4, -0.2) is 34.7 Å². The van der Waals surface area contributed by atoms with Crippen LogP contribution in [-0.2, 0) is 7.05 Å². The van der Waals surface area contributed by atoms with E-state index in [9.17, 15) is 0 Å². The predicted octanol–water partition coefficient (Wildman–Crippen LogP) is 3.61. The van der Waals surface area contributed by atoms with Crippen molar-refractivity contribution in [3.63, 3.8) is 0 Å². The number of nitrogens with zero attached hydrogens (tertiary/aromatic N) is 4. The lowest BCUT2D eigenvalue weighted by atomic mass is 9.92. The van der Waals surface area contributed by atoms with E-state index in [1.807, 2.05) is 6.07 Å². The summed E-state index contributed by atoms with van der Waals surface area (Å²) < 4.78 is 7.60. The van der Waals surface area contributed by atoms with Crippen LogP contribution in [0.1, 0.15) is 20.3 Å². The van der Waals surface area contributed by atoms with E-state index < -0.39 is 0 Å². The molecule has 1 aliphatic rings. The zero-order valence-corrected chi connectivity index (χ0v) is 14.8. The molecule has 2 unspecified atom stereocenters. The number of anilines is 1. The summed E-state index contributed by atoms with van der Waals surface area (Å²) in [7, 11) is 3.80. The molecule has 126 valence electrons. The molecule has 0 amide bonds. The molecule has 24 heavy (non-hydrogen) atoms. The zero-order valence-electron chi connectivity index (χ0n) is 14.8. The Bertz CT molecular complexity index is 891. The number of aryl methyl sites for hydroxylation is 1. The minimum Gasteiger partial charge on any atom is -0.497 e. The lowest BCUT2D eigenvalue weighted by Gasteiger charge is -2.36. The maximum absolute atomic E-state index is 5.39. The first-order chi connectivity index (χ1) is 11.6. The fourth-order valence-corrected chi connectivity index (χ4v) is 4.19. The van der Waals surface area contributed by atoms with Gasteiger partial charge in [0, 0.05) is 25.5 Å². The molecule has 0 spiro atoms. The molecule has 5 heteroatoms. The molecule has 0 radical (unpaired) electrons. The second-order valence-electron chi connectivity index (χ2n) is 7.19. The molecule has 0 saturated carbocycles. The first-order valence-corrected chi connectivity index (χ1v) is 8.60. The summed E-state index contributed by atoms with van der Waals surface area (Å²) in [5.41, 5.74) is 3.27. The van der Waals surface area contributed by atoms with Gasteiger partial charge in [-0.3, -0.25) is 0 Å². The highest BCUT2D eigenvalue weighted by atomic mass is 16.5. The van der Waals surface area contributed by atoms with Crippen LogP contribution in [0, 0.1) is 11.8 Å². The lowest BCUT2D eigenvalue weighted by molar-refractivity contribution is 0.355. The normalized spacial score (nSPS) is 21.6. The van der Waals surface area contributed by atoms with Crippen molar-refractivity contribution in [1.82, 2.24) is 14.5 Å². The summed E-state index contributed by atoms with van der Waals surface area (Å²) in [5.74, 6) is 3.29. The first-order valence-electron chi connectivity index (χ1n) is 8.60. The smallest absolute Gasteiger partial charge is 0.156 e. The Morgan fingerprint density at radius 2 is 1.88 bits per heavy atom. The Balaban J connectivity index is 1.94. The molecule has 0 N–H and O–H groups in total. The molecular formula is C19H24N4O. The highest BCUT2D eigenvalue weighted by Crippen LogP contribution is 2.35. The molecule has 1 aliphatic heterocycles. The summed E-state index contributed by atoms with van der Waals surface area (Å²) in [6, 6.07) is 6.16. The number of piperidine rings is 1. The molecule has 1 aromatic carbocycles. The van der Waals surface area contributed by atoms with Gasteiger partial charge in [0.05, 0.1) is 12.6 Å². The van der Waals surface area contributed by atoms with E-state index in [1.165, 1.54) is 6.42 Å². The van der Waals surface area contributed by atoms with Crippen molar-refractivity contribution in [3.05, 3.63) is 24.5 Å². The summed E-state index contributed by atoms with van der Waals surface area (Å²) in [5, 5.41) is 1.12. The van der Waals surface area contributed by atoms with Crippen LogP contribution in [0.5, 0.6) is 5.75 Å². The van der Waals surface area contributed by atoms with E-state index in [0.29, 0.717) is 11.8 Å². The molecule has 2 atom stereocenters. The molecule has 1 fully saturated rings. The minimum absolute atomic E-state index is 0.688. The van der Waals surface area contributed by atoms with Gasteiger partial charge in [-0.25, -0.2) is 9.97 Å². The van der Waals surface area contributed by atoms with E-state index in [2.05, 4.69) is 52.5 Å². The third-order valence-electron chi connectivity index (χ3n) is 5.13. The summed E-state index contributed by atoms with van der Waals surface area (Å²) in [4.78, 5) is 11.7. The monoisotopic (exact) mass is 324 g/mol. The van der Waals surface area contributed by atoms with Crippen molar-refractivity contribution < 1.29 is 4.74 Å². The Labute approximate surface area is 142 Å². The fourth-order valence-electron chi connectivity index (χ4n) is 4.19. The number of aromatic nitrogens is 3. The van der Waals surface area contributed by atoms with Gasteiger partial charge in [-0.2, -0.15) is 0 Å². The first kappa shape index (κ1) is 15.2. The van der Waals surface area contributed by atoms with E-state index in [1.54, 1.807) is 13.4 Å². The van der Waals surface area contributed by atoms with E-state index in [-0.39, 0.29) is 0 Å². The third-order valence-corrected chi connectivity index (χ3v) is 5.13. The zero-order chi connectivity index (χ0) is 16.8. The molecular weight excluding hydrogens is 300 g/mol. The number of rotatable bonds is 2. The number of hydrogen-bond donors (Lipinski definition) is 0. The Morgan fingerprint density at radius 1 is 1.12 bits per heavy atom. The third kappa shape index (κ3) is 2.30. The van der Waals surface area contributed by atoms with Gasteiger partial charge in [-0.15, -0.1) is 0 Å². The van der Waals surface area contributed by atoms with Crippen molar-refractivity contribution in [2.24, 2.45) is 18.9 Å². The quantitative estimate of drug-likeness (QED) is 0.722. The number of benzene rings is 1. The number of methoxy groups -OCH3 is 1. The van der Waals surface area contributed by atoms with E-state index >= 15 is 0 Å². The summed E-state index contributed by atoms with van der Waals surface area (Å²) in [6.07, 6.45) is 2.98. The molecule has 4 rings (SSSR count). The van der Waals surface area contributed by atoms with Crippen LogP contribution in [0.2, 0.25) is 0 Å². The molecule has 1 saturated heterocycles. The number of ether oxygens (including phenoxy) is 1. The topological polar surface area (TPSA) is 43.2 Å². The Kier molecular flexibility index (Phi) is 3.59. The SMILES string of the molecule is COc1ccc2c(c1)c1ncnc(N3CC(C)CC(C)C3)c1n2C. The van der Waals surface area contributed by atoms with Crippen molar-refractivity contribution in [1.29, 1.82) is 0 Å². The standard InChI is InChI=1S/C19H24N4O/c1-12-7-13(2)10-23(9-12)19-18-17(20-11-21-19)15-8-14(24-4)5-6-16(15)22(18)3/h5-6,8,11-13H,7,9-10H2,1-4H3. The average Bonchev–Trinajstić information content (AvgIpc) is 2.86. The van der Waals surface area contributed by atoms with Gasteiger partial charge in [-0.1, -0.05) is 13.8 Å². The van der Waals surface area contributed by atoms with Gasteiger partial charge in [0.25, 0.3) is 0 Å². The van der Waals surface area contributed by atoms with Gasteiger partial charge >= 0.3 is 0 Å².